The van der Waals surface area contributed by atoms with Gasteiger partial charge in [0.2, 0.25) is 0 Å². The molecule has 6 aromatic rings. The molecule has 2 heterocycles. The average Bonchev–Trinajstić information content (AvgIpc) is 3.49. The molecule has 1 aliphatic rings. The summed E-state index contributed by atoms with van der Waals surface area (Å²) in [4.78, 5) is 12.2. The van der Waals surface area contributed by atoms with E-state index in [4.69, 9.17) is 4.98 Å². The second-order valence-electron chi connectivity index (χ2n) is 9.74. The van der Waals surface area contributed by atoms with Gasteiger partial charge in [-0.25, -0.2) is 4.98 Å². The van der Waals surface area contributed by atoms with Crippen LogP contribution in [0.25, 0.3) is 32.7 Å². The fourth-order valence-electron chi connectivity index (χ4n) is 5.83. The van der Waals surface area contributed by atoms with Crippen LogP contribution in [0.3, 0.4) is 0 Å². The van der Waals surface area contributed by atoms with Gasteiger partial charge in [-0.15, -0.1) is 11.3 Å². The SMILES string of the molecule is Cc1cc(C)c2ccc3c4c(cc(-c5ccccc5)c3c2c1)CCCC4c1nccs1.c1cnccn1. The van der Waals surface area contributed by atoms with E-state index in [9.17, 15) is 0 Å². The van der Waals surface area contributed by atoms with Crippen LogP contribution in [0.4, 0.5) is 0 Å². The number of hydrogen-bond donors (Lipinski definition) is 0. The molecular formula is C33H29N3S. The highest BCUT2D eigenvalue weighted by Gasteiger charge is 2.28. The molecule has 1 atom stereocenters. The van der Waals surface area contributed by atoms with Crippen molar-refractivity contribution < 1.29 is 0 Å². The van der Waals surface area contributed by atoms with E-state index < -0.39 is 0 Å². The minimum Gasteiger partial charge on any atom is -0.262 e. The van der Waals surface area contributed by atoms with E-state index in [0.717, 1.165) is 6.42 Å². The topological polar surface area (TPSA) is 38.7 Å². The Morgan fingerprint density at radius 1 is 0.784 bits per heavy atom. The van der Waals surface area contributed by atoms with Gasteiger partial charge in [0.15, 0.2) is 0 Å². The molecule has 1 unspecified atom stereocenters. The molecule has 4 heteroatoms. The lowest BCUT2D eigenvalue weighted by molar-refractivity contribution is 0.618. The zero-order chi connectivity index (χ0) is 25.2. The van der Waals surface area contributed by atoms with Crippen molar-refractivity contribution in [2.24, 2.45) is 0 Å². The molecule has 0 bridgehead atoms. The Balaban J connectivity index is 0.000000372. The Morgan fingerprint density at radius 2 is 1.54 bits per heavy atom. The highest BCUT2D eigenvalue weighted by molar-refractivity contribution is 7.09. The van der Waals surface area contributed by atoms with Crippen LogP contribution in [-0.2, 0) is 6.42 Å². The molecule has 7 rings (SSSR count). The summed E-state index contributed by atoms with van der Waals surface area (Å²) in [6.45, 7) is 4.45. The van der Waals surface area contributed by atoms with E-state index in [1.165, 1.54) is 72.8 Å². The van der Waals surface area contributed by atoms with Crippen LogP contribution in [0.5, 0.6) is 0 Å². The van der Waals surface area contributed by atoms with Gasteiger partial charge in [-0.05, 0) is 82.5 Å². The van der Waals surface area contributed by atoms with E-state index >= 15 is 0 Å². The number of rotatable bonds is 2. The van der Waals surface area contributed by atoms with Crippen LogP contribution in [0.15, 0.2) is 97.0 Å². The normalized spacial score (nSPS) is 14.7. The molecule has 0 spiro atoms. The summed E-state index contributed by atoms with van der Waals surface area (Å²) in [6.07, 6.45) is 12.1. The predicted octanol–water partition coefficient (Wildman–Crippen LogP) is 8.68. The maximum atomic E-state index is 4.74. The minimum absolute atomic E-state index is 0.402. The van der Waals surface area contributed by atoms with Gasteiger partial charge >= 0.3 is 0 Å². The van der Waals surface area contributed by atoms with Crippen molar-refractivity contribution in [1.29, 1.82) is 0 Å². The molecule has 3 nitrogen and oxygen atoms in total. The van der Waals surface area contributed by atoms with Crippen molar-refractivity contribution in [2.75, 3.05) is 0 Å². The summed E-state index contributed by atoms with van der Waals surface area (Å²) in [7, 11) is 0. The molecule has 2 aromatic heterocycles. The first-order valence-corrected chi connectivity index (χ1v) is 13.7. The minimum atomic E-state index is 0.402. The first kappa shape index (κ1) is 23.5. The van der Waals surface area contributed by atoms with Crippen molar-refractivity contribution >= 4 is 32.9 Å². The van der Waals surface area contributed by atoms with Crippen LogP contribution >= 0.6 is 11.3 Å². The third-order valence-corrected chi connectivity index (χ3v) is 8.20. The van der Waals surface area contributed by atoms with Gasteiger partial charge in [0.1, 0.15) is 0 Å². The monoisotopic (exact) mass is 499 g/mol. The molecule has 0 N–H and O–H groups in total. The van der Waals surface area contributed by atoms with Crippen molar-refractivity contribution in [3.63, 3.8) is 0 Å². The Kier molecular flexibility index (Phi) is 6.50. The Labute approximate surface area is 221 Å². The highest BCUT2D eigenvalue weighted by atomic mass is 32.1. The lowest BCUT2D eigenvalue weighted by Crippen LogP contribution is -2.12. The second-order valence-corrected chi connectivity index (χ2v) is 10.7. The molecular weight excluding hydrogens is 470 g/mol. The van der Waals surface area contributed by atoms with Crippen molar-refractivity contribution in [3.05, 3.63) is 124 Å². The smallest absolute Gasteiger partial charge is 0.1000 e. The van der Waals surface area contributed by atoms with Gasteiger partial charge in [-0.2, -0.15) is 0 Å². The van der Waals surface area contributed by atoms with Crippen molar-refractivity contribution in [3.8, 4) is 11.1 Å². The van der Waals surface area contributed by atoms with Crippen LogP contribution in [0.1, 0.15) is 46.0 Å². The van der Waals surface area contributed by atoms with Gasteiger partial charge in [-0.3, -0.25) is 9.97 Å². The maximum Gasteiger partial charge on any atom is 0.1000 e. The number of aryl methyl sites for hydroxylation is 3. The van der Waals surface area contributed by atoms with Crippen molar-refractivity contribution in [2.45, 2.75) is 39.0 Å². The molecule has 0 amide bonds. The molecule has 0 aliphatic heterocycles. The summed E-state index contributed by atoms with van der Waals surface area (Å²) in [5, 5.41) is 8.92. The van der Waals surface area contributed by atoms with Crippen LogP contribution in [0, 0.1) is 13.8 Å². The van der Waals surface area contributed by atoms with E-state index in [1.807, 2.05) is 6.20 Å². The van der Waals surface area contributed by atoms with Gasteiger partial charge < -0.3 is 0 Å². The summed E-state index contributed by atoms with van der Waals surface area (Å²) in [6, 6.07) is 22.8. The molecule has 37 heavy (non-hydrogen) atoms. The van der Waals surface area contributed by atoms with Gasteiger partial charge in [0.05, 0.1) is 5.01 Å². The molecule has 182 valence electrons. The molecule has 0 saturated heterocycles. The summed E-state index contributed by atoms with van der Waals surface area (Å²) in [5.74, 6) is 0.402. The highest BCUT2D eigenvalue weighted by Crippen LogP contribution is 2.46. The molecule has 0 radical (unpaired) electrons. The van der Waals surface area contributed by atoms with Crippen molar-refractivity contribution in [1.82, 2.24) is 15.0 Å². The maximum absolute atomic E-state index is 4.74. The van der Waals surface area contributed by atoms with Crippen LogP contribution in [-0.4, -0.2) is 15.0 Å². The molecule has 1 aliphatic carbocycles. The first-order chi connectivity index (χ1) is 18.2. The zero-order valence-corrected chi connectivity index (χ0v) is 22.0. The second kappa shape index (κ2) is 10.2. The van der Waals surface area contributed by atoms with Gasteiger partial charge in [-0.1, -0.05) is 66.2 Å². The average molecular weight is 500 g/mol. The Morgan fingerprint density at radius 3 is 2.24 bits per heavy atom. The summed E-state index contributed by atoms with van der Waals surface area (Å²) in [5.41, 5.74) is 8.36. The lowest BCUT2D eigenvalue weighted by Gasteiger charge is -2.28. The van der Waals surface area contributed by atoms with E-state index in [-0.39, 0.29) is 0 Å². The predicted molar refractivity (Wildman–Crippen MR) is 155 cm³/mol. The summed E-state index contributed by atoms with van der Waals surface area (Å²) < 4.78 is 0. The first-order valence-electron chi connectivity index (χ1n) is 12.8. The van der Waals surface area contributed by atoms with Gasteiger partial charge in [0, 0.05) is 42.3 Å². The van der Waals surface area contributed by atoms with E-state index in [1.54, 1.807) is 36.1 Å². The number of fused-ring (bicyclic) bond motifs is 5. The Bertz CT molecular complexity index is 1630. The Hall–Kier alpha value is -3.89. The summed E-state index contributed by atoms with van der Waals surface area (Å²) >= 11 is 1.80. The quantitative estimate of drug-likeness (QED) is 0.224. The largest absolute Gasteiger partial charge is 0.262 e. The molecule has 0 saturated carbocycles. The fraction of sp³-hybridized carbons (Fsp3) is 0.182. The molecule has 4 aromatic carbocycles. The van der Waals surface area contributed by atoms with Crippen LogP contribution < -0.4 is 0 Å². The third kappa shape index (κ3) is 4.54. The zero-order valence-electron chi connectivity index (χ0n) is 21.2. The molecule has 0 fully saturated rings. The van der Waals surface area contributed by atoms with Gasteiger partial charge in [0.25, 0.3) is 0 Å². The van der Waals surface area contributed by atoms with Crippen LogP contribution in [0.2, 0.25) is 0 Å². The van der Waals surface area contributed by atoms with E-state index in [2.05, 4.69) is 89.9 Å². The fourth-order valence-corrected chi connectivity index (χ4v) is 6.61. The number of thiazole rings is 1. The number of hydrogen-bond acceptors (Lipinski definition) is 4. The standard InChI is InChI=1S/C29H25NS.C4H4N2/c1-18-15-19(2)22-11-12-23-27-21(9-6-10-24(27)29-30-13-14-31-29)17-25(28(23)26(22)16-18)20-7-4-3-5-8-20;1-2-6-4-3-5-1/h3-5,7-8,11-17,24H,6,9-10H2,1-2H3;1-4H. The van der Waals surface area contributed by atoms with E-state index in [0.29, 0.717) is 5.92 Å². The number of aromatic nitrogens is 3. The third-order valence-electron chi connectivity index (χ3n) is 7.31. The lowest BCUT2D eigenvalue weighted by atomic mass is 9.77. The number of nitrogens with zero attached hydrogens (tertiary/aromatic N) is 3. The number of benzene rings is 4.